The quantitative estimate of drug-likeness (QED) is 0.866. The summed E-state index contributed by atoms with van der Waals surface area (Å²) in [5, 5.41) is 4.92. The molecule has 2 aromatic heterocycles. The van der Waals surface area contributed by atoms with Crippen LogP contribution in [0.25, 0.3) is 0 Å². The van der Waals surface area contributed by atoms with Crippen molar-refractivity contribution in [2.45, 2.75) is 13.0 Å². The number of ketones is 1. The Hall–Kier alpha value is -2.48. The SMILES string of the molecule is COC(=O)c1cc(CCn2cnc3c2NC=NCC3=O)cs1. The minimum Gasteiger partial charge on any atom is -0.465 e. The summed E-state index contributed by atoms with van der Waals surface area (Å²) >= 11 is 1.36. The third-order valence-electron chi connectivity index (χ3n) is 3.31. The van der Waals surface area contributed by atoms with Gasteiger partial charge in [0.2, 0.25) is 5.78 Å². The number of hydrogen-bond donors (Lipinski definition) is 1. The number of thiophene rings is 1. The Labute approximate surface area is 130 Å². The number of fused-ring (bicyclic) bond motifs is 1. The van der Waals surface area contributed by atoms with E-state index in [1.807, 2.05) is 16.0 Å². The molecular weight excluding hydrogens is 304 g/mol. The number of aryl methyl sites for hydroxylation is 2. The van der Waals surface area contributed by atoms with Crippen LogP contribution in [-0.4, -0.2) is 41.3 Å². The van der Waals surface area contributed by atoms with Crippen molar-refractivity contribution in [3.8, 4) is 0 Å². The van der Waals surface area contributed by atoms with Gasteiger partial charge < -0.3 is 14.6 Å². The molecule has 1 N–H and O–H groups in total. The van der Waals surface area contributed by atoms with Crippen LogP contribution in [0.3, 0.4) is 0 Å². The molecule has 114 valence electrons. The number of nitrogens with one attached hydrogen (secondary N) is 1. The van der Waals surface area contributed by atoms with E-state index >= 15 is 0 Å². The number of Topliss-reactive ketones (excluding diaryl/α,β-unsaturated/α-hetero) is 1. The molecule has 8 heteroatoms. The van der Waals surface area contributed by atoms with Crippen molar-refractivity contribution in [1.82, 2.24) is 9.55 Å². The molecular formula is C14H14N4O3S. The first-order chi connectivity index (χ1) is 10.7. The Balaban J connectivity index is 1.72. The first kappa shape index (κ1) is 14.5. The lowest BCUT2D eigenvalue weighted by Crippen LogP contribution is -2.08. The summed E-state index contributed by atoms with van der Waals surface area (Å²) in [4.78, 5) is 31.9. The molecule has 2 aromatic rings. The molecule has 0 aromatic carbocycles. The Morgan fingerprint density at radius 1 is 1.55 bits per heavy atom. The molecule has 0 spiro atoms. The number of carbonyl (C=O) groups excluding carboxylic acids is 2. The molecule has 3 heterocycles. The second-order valence-electron chi connectivity index (χ2n) is 4.73. The van der Waals surface area contributed by atoms with Crippen molar-refractivity contribution in [3.63, 3.8) is 0 Å². The third-order valence-corrected chi connectivity index (χ3v) is 4.27. The molecule has 0 aliphatic carbocycles. The Morgan fingerprint density at radius 3 is 3.23 bits per heavy atom. The van der Waals surface area contributed by atoms with Crippen molar-refractivity contribution < 1.29 is 14.3 Å². The van der Waals surface area contributed by atoms with Crippen molar-refractivity contribution in [2.24, 2.45) is 4.99 Å². The zero-order valence-electron chi connectivity index (χ0n) is 11.9. The molecule has 3 rings (SSSR count). The molecule has 7 nitrogen and oxygen atoms in total. The van der Waals surface area contributed by atoms with E-state index in [4.69, 9.17) is 4.74 Å². The molecule has 0 saturated heterocycles. The van der Waals surface area contributed by atoms with E-state index < -0.39 is 0 Å². The van der Waals surface area contributed by atoms with E-state index in [9.17, 15) is 9.59 Å². The van der Waals surface area contributed by atoms with Gasteiger partial charge in [-0.2, -0.15) is 0 Å². The second-order valence-corrected chi connectivity index (χ2v) is 5.64. The number of methoxy groups -OCH3 is 1. The lowest BCUT2D eigenvalue weighted by atomic mass is 10.2. The van der Waals surface area contributed by atoms with E-state index in [0.29, 0.717) is 22.9 Å². The van der Waals surface area contributed by atoms with Crippen LogP contribution in [-0.2, 0) is 17.7 Å². The summed E-state index contributed by atoms with van der Waals surface area (Å²) < 4.78 is 6.57. The van der Waals surface area contributed by atoms with E-state index in [2.05, 4.69) is 15.3 Å². The van der Waals surface area contributed by atoms with Crippen LogP contribution in [0.1, 0.15) is 25.7 Å². The van der Waals surface area contributed by atoms with Gasteiger partial charge in [-0.15, -0.1) is 11.3 Å². The highest BCUT2D eigenvalue weighted by Gasteiger charge is 2.19. The van der Waals surface area contributed by atoms with Crippen LogP contribution >= 0.6 is 11.3 Å². The molecule has 1 aliphatic heterocycles. The predicted octanol–water partition coefficient (Wildman–Crippen LogP) is 1.61. The molecule has 0 bridgehead atoms. The third kappa shape index (κ3) is 2.77. The lowest BCUT2D eigenvalue weighted by Gasteiger charge is -2.07. The van der Waals surface area contributed by atoms with Crippen LogP contribution in [0.4, 0.5) is 5.82 Å². The summed E-state index contributed by atoms with van der Waals surface area (Å²) in [6.45, 7) is 0.762. The van der Waals surface area contributed by atoms with Gasteiger partial charge >= 0.3 is 5.97 Å². The fourth-order valence-corrected chi connectivity index (χ4v) is 3.04. The summed E-state index contributed by atoms with van der Waals surface area (Å²) in [6, 6.07) is 1.83. The molecule has 0 radical (unpaired) electrons. The Morgan fingerprint density at radius 2 is 2.41 bits per heavy atom. The number of aromatic nitrogens is 2. The van der Waals surface area contributed by atoms with Gasteiger partial charge in [-0.25, -0.2) is 9.78 Å². The van der Waals surface area contributed by atoms with Gasteiger partial charge in [0.25, 0.3) is 0 Å². The summed E-state index contributed by atoms with van der Waals surface area (Å²) in [7, 11) is 1.37. The highest BCUT2D eigenvalue weighted by Crippen LogP contribution is 2.20. The number of esters is 1. The van der Waals surface area contributed by atoms with E-state index in [1.54, 1.807) is 6.33 Å². The lowest BCUT2D eigenvalue weighted by molar-refractivity contribution is 0.0606. The molecule has 0 saturated carbocycles. The van der Waals surface area contributed by atoms with Gasteiger partial charge in [0.1, 0.15) is 17.2 Å². The van der Waals surface area contributed by atoms with Crippen molar-refractivity contribution in [1.29, 1.82) is 0 Å². The first-order valence-corrected chi connectivity index (χ1v) is 7.56. The van der Waals surface area contributed by atoms with Gasteiger partial charge in [-0.05, 0) is 23.4 Å². The minimum atomic E-state index is -0.323. The monoisotopic (exact) mass is 318 g/mol. The highest BCUT2D eigenvalue weighted by atomic mass is 32.1. The zero-order valence-corrected chi connectivity index (χ0v) is 12.7. The van der Waals surface area contributed by atoms with E-state index in [0.717, 1.165) is 12.0 Å². The highest BCUT2D eigenvalue weighted by molar-refractivity contribution is 7.12. The molecule has 0 fully saturated rings. The van der Waals surface area contributed by atoms with Crippen LogP contribution in [0.2, 0.25) is 0 Å². The van der Waals surface area contributed by atoms with Crippen LogP contribution in [0.5, 0.6) is 0 Å². The molecule has 0 unspecified atom stereocenters. The molecule has 1 aliphatic rings. The number of nitrogens with zero attached hydrogens (tertiary/aromatic N) is 3. The zero-order chi connectivity index (χ0) is 15.5. The minimum absolute atomic E-state index is 0.0986. The standard InChI is InChI=1S/C14H14N4O3S/c1-21-14(20)11-4-9(6-22-11)2-3-18-8-17-12-10(19)5-15-7-16-13(12)18/h4,6-8H,2-3,5H2,1H3,(H,15,16). The Kier molecular flexibility index (Phi) is 4.01. The van der Waals surface area contributed by atoms with Gasteiger partial charge in [0.15, 0.2) is 5.69 Å². The van der Waals surface area contributed by atoms with Crippen LogP contribution in [0.15, 0.2) is 22.8 Å². The van der Waals surface area contributed by atoms with Gasteiger partial charge in [0, 0.05) is 6.54 Å². The summed E-state index contributed by atoms with van der Waals surface area (Å²) in [5.41, 5.74) is 1.46. The predicted molar refractivity (Wildman–Crippen MR) is 82.9 cm³/mol. The number of carbonyl (C=O) groups is 2. The fourth-order valence-electron chi connectivity index (χ4n) is 2.18. The van der Waals surface area contributed by atoms with Gasteiger partial charge in [-0.1, -0.05) is 0 Å². The van der Waals surface area contributed by atoms with Crippen LogP contribution < -0.4 is 5.32 Å². The number of anilines is 1. The van der Waals surface area contributed by atoms with Crippen molar-refractivity contribution >= 4 is 35.2 Å². The first-order valence-electron chi connectivity index (χ1n) is 6.68. The Bertz CT molecular complexity index is 747. The van der Waals surface area contributed by atoms with E-state index in [-0.39, 0.29) is 18.3 Å². The second kappa shape index (κ2) is 6.10. The number of hydrogen-bond acceptors (Lipinski definition) is 7. The number of aliphatic imine (C=N–C) groups is 1. The number of ether oxygens (including phenoxy) is 1. The topological polar surface area (TPSA) is 85.6 Å². The van der Waals surface area contributed by atoms with Gasteiger partial charge in [0.05, 0.1) is 19.8 Å². The van der Waals surface area contributed by atoms with Gasteiger partial charge in [-0.3, -0.25) is 9.79 Å². The average Bonchev–Trinajstić information content (AvgIpc) is 3.11. The normalized spacial score (nSPS) is 13.4. The van der Waals surface area contributed by atoms with Crippen LogP contribution in [0, 0.1) is 0 Å². The number of rotatable bonds is 4. The summed E-state index contributed by atoms with van der Waals surface area (Å²) in [6.07, 6.45) is 3.88. The summed E-state index contributed by atoms with van der Waals surface area (Å²) in [5.74, 6) is 0.240. The number of imidazole rings is 1. The maximum atomic E-state index is 11.8. The largest absolute Gasteiger partial charge is 0.465 e. The average molecular weight is 318 g/mol. The maximum absolute atomic E-state index is 11.8. The maximum Gasteiger partial charge on any atom is 0.348 e. The van der Waals surface area contributed by atoms with Crippen molar-refractivity contribution in [2.75, 3.05) is 19.0 Å². The fraction of sp³-hybridized carbons (Fsp3) is 0.286. The smallest absolute Gasteiger partial charge is 0.348 e. The van der Waals surface area contributed by atoms with E-state index in [1.165, 1.54) is 24.8 Å². The van der Waals surface area contributed by atoms with Crippen molar-refractivity contribution in [3.05, 3.63) is 33.9 Å². The molecule has 0 atom stereocenters. The molecule has 22 heavy (non-hydrogen) atoms. The molecule has 0 amide bonds.